The summed E-state index contributed by atoms with van der Waals surface area (Å²) < 4.78 is 18.6. The van der Waals surface area contributed by atoms with E-state index in [9.17, 15) is 9.18 Å². The summed E-state index contributed by atoms with van der Waals surface area (Å²) in [6.45, 7) is 5.54. The van der Waals surface area contributed by atoms with Gasteiger partial charge in [0.25, 0.3) is 5.91 Å². The first-order valence-corrected chi connectivity index (χ1v) is 5.90. The van der Waals surface area contributed by atoms with Gasteiger partial charge in [0, 0.05) is 5.02 Å². The Morgan fingerprint density at radius 2 is 2.39 bits per heavy atom. The van der Waals surface area contributed by atoms with Gasteiger partial charge in [-0.25, -0.2) is 4.39 Å². The van der Waals surface area contributed by atoms with Gasteiger partial charge in [0.1, 0.15) is 11.9 Å². The first-order valence-electron chi connectivity index (χ1n) is 5.53. The van der Waals surface area contributed by atoms with Gasteiger partial charge in [-0.2, -0.15) is 0 Å². The molecule has 0 spiro atoms. The number of halogens is 2. The van der Waals surface area contributed by atoms with Gasteiger partial charge in [0.2, 0.25) is 0 Å². The van der Waals surface area contributed by atoms with Gasteiger partial charge >= 0.3 is 0 Å². The second-order valence-electron chi connectivity index (χ2n) is 3.70. The minimum atomic E-state index is -0.664. The molecule has 1 amide bonds. The van der Waals surface area contributed by atoms with Gasteiger partial charge in [-0.05, 0) is 31.5 Å². The zero-order chi connectivity index (χ0) is 13.5. The fourth-order valence-electron chi connectivity index (χ4n) is 1.23. The number of hydrogen-bond donors (Lipinski definition) is 1. The lowest BCUT2D eigenvalue weighted by atomic mass is 10.3. The van der Waals surface area contributed by atoms with Crippen molar-refractivity contribution in [2.75, 3.05) is 11.9 Å². The van der Waals surface area contributed by atoms with E-state index in [2.05, 4.69) is 11.9 Å². The van der Waals surface area contributed by atoms with E-state index < -0.39 is 17.8 Å². The van der Waals surface area contributed by atoms with Crippen LogP contribution in [0.5, 0.6) is 0 Å². The van der Waals surface area contributed by atoms with Crippen molar-refractivity contribution in [1.82, 2.24) is 0 Å². The summed E-state index contributed by atoms with van der Waals surface area (Å²) in [5.41, 5.74) is 0.0478. The SMILES string of the molecule is C=CCCOC(C)C(=O)Nc1cc(Cl)ccc1F. The van der Waals surface area contributed by atoms with E-state index in [1.165, 1.54) is 18.2 Å². The summed E-state index contributed by atoms with van der Waals surface area (Å²) >= 11 is 5.72. The molecule has 0 saturated heterocycles. The molecule has 1 aromatic carbocycles. The number of amides is 1. The van der Waals surface area contributed by atoms with Crippen molar-refractivity contribution in [3.05, 3.63) is 41.7 Å². The monoisotopic (exact) mass is 271 g/mol. The van der Waals surface area contributed by atoms with E-state index in [1.54, 1.807) is 13.0 Å². The lowest BCUT2D eigenvalue weighted by Gasteiger charge is -2.13. The number of hydrogen-bond acceptors (Lipinski definition) is 2. The van der Waals surface area contributed by atoms with Crippen LogP contribution in [0.25, 0.3) is 0 Å². The molecule has 0 radical (unpaired) electrons. The maximum Gasteiger partial charge on any atom is 0.253 e. The van der Waals surface area contributed by atoms with Crippen LogP contribution in [0.2, 0.25) is 5.02 Å². The quantitative estimate of drug-likeness (QED) is 0.636. The molecule has 0 aliphatic rings. The normalized spacial score (nSPS) is 11.9. The highest BCUT2D eigenvalue weighted by atomic mass is 35.5. The van der Waals surface area contributed by atoms with E-state index >= 15 is 0 Å². The third kappa shape index (κ3) is 4.47. The molecule has 0 fully saturated rings. The summed E-state index contributed by atoms with van der Waals surface area (Å²) in [6.07, 6.45) is 1.69. The van der Waals surface area contributed by atoms with E-state index in [0.29, 0.717) is 18.1 Å². The Morgan fingerprint density at radius 1 is 1.67 bits per heavy atom. The number of nitrogens with one attached hydrogen (secondary N) is 1. The van der Waals surface area contributed by atoms with Crippen molar-refractivity contribution in [3.8, 4) is 0 Å². The van der Waals surface area contributed by atoms with Crippen LogP contribution in [-0.2, 0) is 9.53 Å². The molecule has 0 aliphatic carbocycles. The highest BCUT2D eigenvalue weighted by molar-refractivity contribution is 6.30. The number of rotatable bonds is 6. The molecule has 1 N–H and O–H groups in total. The van der Waals surface area contributed by atoms with Crippen molar-refractivity contribution in [3.63, 3.8) is 0 Å². The van der Waals surface area contributed by atoms with Crippen LogP contribution in [0.4, 0.5) is 10.1 Å². The zero-order valence-electron chi connectivity index (χ0n) is 10.1. The highest BCUT2D eigenvalue weighted by Crippen LogP contribution is 2.19. The molecule has 0 aliphatic heterocycles. The average molecular weight is 272 g/mol. The Kier molecular flexibility index (Phi) is 5.82. The number of anilines is 1. The van der Waals surface area contributed by atoms with Crippen molar-refractivity contribution in [2.45, 2.75) is 19.4 Å². The van der Waals surface area contributed by atoms with E-state index in [-0.39, 0.29) is 5.69 Å². The van der Waals surface area contributed by atoms with Gasteiger partial charge < -0.3 is 10.1 Å². The molecule has 98 valence electrons. The molecule has 5 heteroatoms. The second-order valence-corrected chi connectivity index (χ2v) is 4.14. The molecule has 1 rings (SSSR count). The van der Waals surface area contributed by atoms with Crippen LogP contribution >= 0.6 is 11.6 Å². The standard InChI is InChI=1S/C13H15ClFNO2/c1-3-4-7-18-9(2)13(17)16-12-8-10(14)5-6-11(12)15/h3,5-6,8-9H,1,4,7H2,2H3,(H,16,17). The predicted molar refractivity (Wildman–Crippen MR) is 70.3 cm³/mol. The van der Waals surface area contributed by atoms with Crippen LogP contribution in [0, 0.1) is 5.82 Å². The molecule has 1 aromatic rings. The number of carbonyl (C=O) groups excluding carboxylic acids is 1. The lowest BCUT2D eigenvalue weighted by Crippen LogP contribution is -2.28. The van der Waals surface area contributed by atoms with Gasteiger partial charge in [0.05, 0.1) is 12.3 Å². The van der Waals surface area contributed by atoms with Crippen molar-refractivity contribution in [1.29, 1.82) is 0 Å². The smallest absolute Gasteiger partial charge is 0.253 e. The molecular weight excluding hydrogens is 257 g/mol. The molecular formula is C13H15ClFNO2. The third-order valence-electron chi connectivity index (χ3n) is 2.25. The minimum absolute atomic E-state index is 0.0478. The highest BCUT2D eigenvalue weighted by Gasteiger charge is 2.15. The maximum atomic E-state index is 13.4. The number of carbonyl (C=O) groups is 1. The number of benzene rings is 1. The molecule has 1 atom stereocenters. The topological polar surface area (TPSA) is 38.3 Å². The van der Waals surface area contributed by atoms with Gasteiger partial charge in [-0.15, -0.1) is 6.58 Å². The molecule has 0 aromatic heterocycles. The Hall–Kier alpha value is -1.39. The second kappa shape index (κ2) is 7.13. The summed E-state index contributed by atoms with van der Waals surface area (Å²) in [4.78, 5) is 11.7. The Labute approximate surface area is 111 Å². The van der Waals surface area contributed by atoms with E-state index in [4.69, 9.17) is 16.3 Å². The first kappa shape index (κ1) is 14.7. The fourth-order valence-corrected chi connectivity index (χ4v) is 1.40. The average Bonchev–Trinajstić information content (AvgIpc) is 2.34. The van der Waals surface area contributed by atoms with Crippen LogP contribution in [0.15, 0.2) is 30.9 Å². The summed E-state index contributed by atoms with van der Waals surface area (Å²) in [6, 6.07) is 3.96. The Balaban J connectivity index is 2.58. The molecule has 3 nitrogen and oxygen atoms in total. The van der Waals surface area contributed by atoms with Crippen LogP contribution in [-0.4, -0.2) is 18.6 Å². The van der Waals surface area contributed by atoms with E-state index in [0.717, 1.165) is 0 Å². The molecule has 0 saturated carbocycles. The van der Waals surface area contributed by atoms with Crippen LogP contribution in [0.3, 0.4) is 0 Å². The van der Waals surface area contributed by atoms with Crippen molar-refractivity contribution < 1.29 is 13.9 Å². The molecule has 0 heterocycles. The summed E-state index contributed by atoms with van der Waals surface area (Å²) in [5, 5.41) is 2.78. The van der Waals surface area contributed by atoms with Gasteiger partial charge in [0.15, 0.2) is 0 Å². The van der Waals surface area contributed by atoms with E-state index in [1.807, 2.05) is 0 Å². The Bertz CT molecular complexity index is 437. The Morgan fingerprint density at radius 3 is 3.06 bits per heavy atom. The molecule has 1 unspecified atom stereocenters. The zero-order valence-corrected chi connectivity index (χ0v) is 10.8. The number of ether oxygens (including phenoxy) is 1. The van der Waals surface area contributed by atoms with Gasteiger partial charge in [-0.1, -0.05) is 17.7 Å². The van der Waals surface area contributed by atoms with Gasteiger partial charge in [-0.3, -0.25) is 4.79 Å². The summed E-state index contributed by atoms with van der Waals surface area (Å²) in [7, 11) is 0. The van der Waals surface area contributed by atoms with Crippen molar-refractivity contribution in [2.24, 2.45) is 0 Å². The van der Waals surface area contributed by atoms with Crippen LogP contribution < -0.4 is 5.32 Å². The lowest BCUT2D eigenvalue weighted by molar-refractivity contribution is -0.126. The predicted octanol–water partition coefficient (Wildman–Crippen LogP) is 3.40. The van der Waals surface area contributed by atoms with Crippen molar-refractivity contribution >= 4 is 23.2 Å². The third-order valence-corrected chi connectivity index (χ3v) is 2.48. The van der Waals surface area contributed by atoms with Crippen LogP contribution in [0.1, 0.15) is 13.3 Å². The first-order chi connectivity index (χ1) is 8.54. The molecule has 18 heavy (non-hydrogen) atoms. The fraction of sp³-hybridized carbons (Fsp3) is 0.308. The minimum Gasteiger partial charge on any atom is -0.368 e. The summed E-state index contributed by atoms with van der Waals surface area (Å²) in [5.74, 6) is -0.953. The largest absolute Gasteiger partial charge is 0.368 e. The molecule has 0 bridgehead atoms. The maximum absolute atomic E-state index is 13.4.